The van der Waals surface area contributed by atoms with Crippen molar-refractivity contribution in [1.29, 1.82) is 0 Å². The lowest BCUT2D eigenvalue weighted by molar-refractivity contribution is -0.142. The Morgan fingerprint density at radius 2 is 1.93 bits per heavy atom. The maximum Gasteiger partial charge on any atom is 0.310 e. The average molecular weight is 193 g/mol. The number of ether oxygens (including phenoxy) is 1. The van der Waals surface area contributed by atoms with Gasteiger partial charge in [-0.3, -0.25) is 9.78 Å². The SMILES string of the molecule is CCOC(=O)Cc1cc(C)nc(C)c1. The summed E-state index contributed by atoms with van der Waals surface area (Å²) >= 11 is 0. The normalized spacial score (nSPS) is 9.93. The Bertz CT molecular complexity index is 314. The lowest BCUT2D eigenvalue weighted by Gasteiger charge is -2.04. The van der Waals surface area contributed by atoms with E-state index in [0.29, 0.717) is 13.0 Å². The molecule has 1 aromatic heterocycles. The molecular formula is C11H15NO2. The van der Waals surface area contributed by atoms with Crippen molar-refractivity contribution in [2.45, 2.75) is 27.2 Å². The number of esters is 1. The molecule has 14 heavy (non-hydrogen) atoms. The molecule has 0 atom stereocenters. The van der Waals surface area contributed by atoms with Crippen LogP contribution in [0.15, 0.2) is 12.1 Å². The molecule has 0 saturated carbocycles. The standard InChI is InChI=1S/C11H15NO2/c1-4-14-11(13)7-10-5-8(2)12-9(3)6-10/h5-6H,4,7H2,1-3H3. The highest BCUT2D eigenvalue weighted by atomic mass is 16.5. The second-order valence-electron chi connectivity index (χ2n) is 3.24. The first kappa shape index (κ1) is 10.7. The van der Waals surface area contributed by atoms with Crippen LogP contribution in [0.4, 0.5) is 0 Å². The van der Waals surface area contributed by atoms with Gasteiger partial charge in [-0.2, -0.15) is 0 Å². The monoisotopic (exact) mass is 193 g/mol. The lowest BCUT2D eigenvalue weighted by Crippen LogP contribution is -2.08. The number of carbonyl (C=O) groups excluding carboxylic acids is 1. The van der Waals surface area contributed by atoms with Gasteiger partial charge in [0.05, 0.1) is 13.0 Å². The van der Waals surface area contributed by atoms with Gasteiger partial charge in [-0.05, 0) is 38.5 Å². The Morgan fingerprint density at radius 3 is 2.43 bits per heavy atom. The molecule has 1 heterocycles. The second-order valence-corrected chi connectivity index (χ2v) is 3.24. The molecule has 0 radical (unpaired) electrons. The van der Waals surface area contributed by atoms with E-state index in [1.807, 2.05) is 26.0 Å². The zero-order valence-electron chi connectivity index (χ0n) is 8.83. The third-order valence-electron chi connectivity index (χ3n) is 1.80. The van der Waals surface area contributed by atoms with Crippen LogP contribution in [0, 0.1) is 13.8 Å². The van der Waals surface area contributed by atoms with Gasteiger partial charge in [-0.25, -0.2) is 0 Å². The van der Waals surface area contributed by atoms with Crippen LogP contribution in [0.5, 0.6) is 0 Å². The van der Waals surface area contributed by atoms with E-state index in [1.54, 1.807) is 6.92 Å². The summed E-state index contributed by atoms with van der Waals surface area (Å²) in [6.07, 6.45) is 0.331. The molecule has 0 aliphatic carbocycles. The number of hydrogen-bond acceptors (Lipinski definition) is 3. The topological polar surface area (TPSA) is 39.2 Å². The van der Waals surface area contributed by atoms with Gasteiger partial charge in [-0.1, -0.05) is 0 Å². The Hall–Kier alpha value is -1.38. The maximum absolute atomic E-state index is 11.2. The minimum atomic E-state index is -0.183. The molecule has 0 aliphatic rings. The van der Waals surface area contributed by atoms with E-state index in [-0.39, 0.29) is 5.97 Å². The Morgan fingerprint density at radius 1 is 1.36 bits per heavy atom. The highest BCUT2D eigenvalue weighted by molar-refractivity contribution is 5.72. The van der Waals surface area contributed by atoms with Crippen molar-refractivity contribution < 1.29 is 9.53 Å². The second kappa shape index (κ2) is 4.74. The molecule has 0 fully saturated rings. The van der Waals surface area contributed by atoms with E-state index in [4.69, 9.17) is 4.74 Å². The van der Waals surface area contributed by atoms with Crippen molar-refractivity contribution in [3.8, 4) is 0 Å². The zero-order chi connectivity index (χ0) is 10.6. The van der Waals surface area contributed by atoms with Gasteiger partial charge in [-0.15, -0.1) is 0 Å². The Kier molecular flexibility index (Phi) is 3.63. The smallest absolute Gasteiger partial charge is 0.310 e. The van der Waals surface area contributed by atoms with Crippen molar-refractivity contribution in [2.75, 3.05) is 6.61 Å². The van der Waals surface area contributed by atoms with E-state index < -0.39 is 0 Å². The summed E-state index contributed by atoms with van der Waals surface area (Å²) in [7, 11) is 0. The van der Waals surface area contributed by atoms with Crippen molar-refractivity contribution in [3.63, 3.8) is 0 Å². The first-order valence-electron chi connectivity index (χ1n) is 4.71. The highest BCUT2D eigenvalue weighted by Crippen LogP contribution is 2.06. The fourth-order valence-electron chi connectivity index (χ4n) is 1.40. The number of rotatable bonds is 3. The molecule has 3 heteroatoms. The summed E-state index contributed by atoms with van der Waals surface area (Å²) in [6.45, 7) is 6.08. The average Bonchev–Trinajstić information content (AvgIpc) is 2.01. The molecule has 1 aromatic rings. The minimum Gasteiger partial charge on any atom is -0.466 e. The van der Waals surface area contributed by atoms with E-state index in [0.717, 1.165) is 17.0 Å². The van der Waals surface area contributed by atoms with Gasteiger partial charge in [0.2, 0.25) is 0 Å². The van der Waals surface area contributed by atoms with Gasteiger partial charge in [0.15, 0.2) is 0 Å². The maximum atomic E-state index is 11.2. The summed E-state index contributed by atoms with van der Waals surface area (Å²) in [6, 6.07) is 3.81. The molecule has 3 nitrogen and oxygen atoms in total. The van der Waals surface area contributed by atoms with Crippen LogP contribution in [-0.4, -0.2) is 17.6 Å². The van der Waals surface area contributed by atoms with Crippen molar-refractivity contribution in [1.82, 2.24) is 4.98 Å². The van der Waals surface area contributed by atoms with Gasteiger partial charge in [0.1, 0.15) is 0 Å². The molecule has 0 amide bonds. The first-order valence-corrected chi connectivity index (χ1v) is 4.71. The van der Waals surface area contributed by atoms with Crippen LogP contribution in [0.2, 0.25) is 0 Å². The molecule has 0 bridgehead atoms. The summed E-state index contributed by atoms with van der Waals surface area (Å²) in [5, 5.41) is 0. The highest BCUT2D eigenvalue weighted by Gasteiger charge is 2.04. The molecule has 76 valence electrons. The van der Waals surface area contributed by atoms with Crippen molar-refractivity contribution in [2.24, 2.45) is 0 Å². The number of pyridine rings is 1. The summed E-state index contributed by atoms with van der Waals surface area (Å²) < 4.78 is 4.87. The van der Waals surface area contributed by atoms with Crippen LogP contribution in [0.25, 0.3) is 0 Å². The Balaban J connectivity index is 2.71. The number of carbonyl (C=O) groups is 1. The number of hydrogen-bond donors (Lipinski definition) is 0. The quantitative estimate of drug-likeness (QED) is 0.687. The van der Waals surface area contributed by atoms with E-state index in [9.17, 15) is 4.79 Å². The van der Waals surface area contributed by atoms with Gasteiger partial charge >= 0.3 is 5.97 Å². The van der Waals surface area contributed by atoms with E-state index in [2.05, 4.69) is 4.98 Å². The number of aryl methyl sites for hydroxylation is 2. The third kappa shape index (κ3) is 3.17. The number of aromatic nitrogens is 1. The summed E-state index contributed by atoms with van der Waals surface area (Å²) in [5.74, 6) is -0.183. The molecule has 0 spiro atoms. The van der Waals surface area contributed by atoms with Crippen LogP contribution < -0.4 is 0 Å². The molecule has 0 unspecified atom stereocenters. The molecule has 0 aliphatic heterocycles. The molecule has 0 N–H and O–H groups in total. The van der Waals surface area contributed by atoms with Crippen LogP contribution in [0.3, 0.4) is 0 Å². The van der Waals surface area contributed by atoms with Crippen LogP contribution >= 0.6 is 0 Å². The fourth-order valence-corrected chi connectivity index (χ4v) is 1.40. The summed E-state index contributed by atoms with van der Waals surface area (Å²) in [4.78, 5) is 15.4. The molecule has 1 rings (SSSR count). The first-order chi connectivity index (χ1) is 6.61. The predicted octanol–water partition coefficient (Wildman–Crippen LogP) is 1.80. The van der Waals surface area contributed by atoms with Crippen molar-refractivity contribution in [3.05, 3.63) is 29.1 Å². The number of nitrogens with zero attached hydrogens (tertiary/aromatic N) is 1. The fraction of sp³-hybridized carbons (Fsp3) is 0.455. The van der Waals surface area contributed by atoms with Gasteiger partial charge in [0.25, 0.3) is 0 Å². The largest absolute Gasteiger partial charge is 0.466 e. The zero-order valence-corrected chi connectivity index (χ0v) is 8.83. The third-order valence-corrected chi connectivity index (χ3v) is 1.80. The van der Waals surface area contributed by atoms with E-state index >= 15 is 0 Å². The lowest BCUT2D eigenvalue weighted by atomic mass is 10.1. The molecule has 0 saturated heterocycles. The van der Waals surface area contributed by atoms with E-state index in [1.165, 1.54) is 0 Å². The van der Waals surface area contributed by atoms with Crippen molar-refractivity contribution >= 4 is 5.97 Å². The molecular weight excluding hydrogens is 178 g/mol. The van der Waals surface area contributed by atoms with Crippen LogP contribution in [0.1, 0.15) is 23.9 Å². The minimum absolute atomic E-state index is 0.183. The van der Waals surface area contributed by atoms with Crippen LogP contribution in [-0.2, 0) is 16.0 Å². The summed E-state index contributed by atoms with van der Waals surface area (Å²) in [5.41, 5.74) is 2.84. The molecule has 0 aromatic carbocycles. The predicted molar refractivity (Wildman–Crippen MR) is 54.0 cm³/mol. The van der Waals surface area contributed by atoms with Gasteiger partial charge in [0, 0.05) is 11.4 Å². The Labute approximate surface area is 84.1 Å². The van der Waals surface area contributed by atoms with Gasteiger partial charge < -0.3 is 4.74 Å².